The summed E-state index contributed by atoms with van der Waals surface area (Å²) >= 11 is 0. The maximum absolute atomic E-state index is 11.8. The number of ether oxygens (including phenoxy) is 1. The van der Waals surface area contributed by atoms with Crippen LogP contribution >= 0.6 is 0 Å². The van der Waals surface area contributed by atoms with Gasteiger partial charge in [-0.25, -0.2) is 8.42 Å². The number of hydrogen-bond acceptors (Lipinski definition) is 3. The van der Waals surface area contributed by atoms with Crippen molar-refractivity contribution in [3.8, 4) is 0 Å². The summed E-state index contributed by atoms with van der Waals surface area (Å²) in [6.45, 7) is 4.74. The fourth-order valence-electron chi connectivity index (χ4n) is 1.92. The number of rotatable bonds is 3. The zero-order valence-corrected chi connectivity index (χ0v) is 10.2. The van der Waals surface area contributed by atoms with Crippen molar-refractivity contribution in [2.24, 2.45) is 0 Å². The van der Waals surface area contributed by atoms with E-state index >= 15 is 0 Å². The predicted molar refractivity (Wildman–Crippen MR) is 62.8 cm³/mol. The highest BCUT2D eigenvalue weighted by molar-refractivity contribution is 7.95. The molecule has 1 aromatic rings. The molecule has 0 amide bonds. The summed E-state index contributed by atoms with van der Waals surface area (Å²) in [5.41, 5.74) is 2.55. The molecular weight excluding hydrogens is 224 g/mol. The first-order valence-electron chi connectivity index (χ1n) is 5.19. The Morgan fingerprint density at radius 1 is 1.31 bits per heavy atom. The molecular formula is C12H14O3S. The topological polar surface area (TPSA) is 43.4 Å². The van der Waals surface area contributed by atoms with E-state index in [0.29, 0.717) is 18.1 Å². The number of aryl methyl sites for hydroxylation is 1. The number of hydrogen-bond donors (Lipinski definition) is 0. The van der Waals surface area contributed by atoms with Crippen LogP contribution in [-0.4, -0.2) is 21.6 Å². The van der Waals surface area contributed by atoms with Crippen LogP contribution in [0.3, 0.4) is 0 Å². The molecule has 1 aliphatic heterocycles. The van der Waals surface area contributed by atoms with Crippen LogP contribution in [0.4, 0.5) is 0 Å². The highest BCUT2D eigenvalue weighted by Crippen LogP contribution is 2.35. The maximum Gasteiger partial charge on any atom is 0.200 e. The highest BCUT2D eigenvalue weighted by atomic mass is 32.2. The van der Waals surface area contributed by atoms with E-state index in [4.69, 9.17) is 4.74 Å². The normalized spacial score (nSPS) is 17.0. The van der Waals surface area contributed by atoms with Crippen LogP contribution in [0.5, 0.6) is 0 Å². The molecule has 0 aliphatic carbocycles. The van der Waals surface area contributed by atoms with Crippen molar-refractivity contribution in [2.75, 3.05) is 13.2 Å². The molecule has 2 rings (SSSR count). The molecule has 0 atom stereocenters. The standard InChI is InChI=1S/C12H14O3S/c1-3-15-7-10-8-16(13,14)11-6-4-5-9(2)12(10)11/h4-6,8H,3,7H2,1-2H3. The summed E-state index contributed by atoms with van der Waals surface area (Å²) in [6.07, 6.45) is 0. The molecule has 86 valence electrons. The van der Waals surface area contributed by atoms with Crippen LogP contribution < -0.4 is 0 Å². The van der Waals surface area contributed by atoms with Gasteiger partial charge in [0.15, 0.2) is 0 Å². The van der Waals surface area contributed by atoms with Gasteiger partial charge >= 0.3 is 0 Å². The second kappa shape index (κ2) is 4.03. The molecule has 16 heavy (non-hydrogen) atoms. The van der Waals surface area contributed by atoms with E-state index in [0.717, 1.165) is 16.7 Å². The zero-order chi connectivity index (χ0) is 11.8. The Bertz CT molecular complexity index is 541. The molecule has 3 nitrogen and oxygen atoms in total. The first-order valence-corrected chi connectivity index (χ1v) is 6.74. The molecule has 0 aromatic heterocycles. The fourth-order valence-corrected chi connectivity index (χ4v) is 3.45. The third-order valence-corrected chi connectivity index (χ3v) is 4.17. The van der Waals surface area contributed by atoms with Gasteiger partial charge in [-0.05, 0) is 31.1 Å². The van der Waals surface area contributed by atoms with Crippen molar-refractivity contribution in [1.29, 1.82) is 0 Å². The Morgan fingerprint density at radius 3 is 2.75 bits per heavy atom. The number of fused-ring (bicyclic) bond motifs is 1. The maximum atomic E-state index is 11.8. The molecule has 0 N–H and O–H groups in total. The average molecular weight is 238 g/mol. The van der Waals surface area contributed by atoms with Gasteiger partial charge in [0.05, 0.1) is 11.5 Å². The molecule has 0 unspecified atom stereocenters. The van der Waals surface area contributed by atoms with Crippen LogP contribution in [0.15, 0.2) is 28.5 Å². The van der Waals surface area contributed by atoms with Gasteiger partial charge in [-0.1, -0.05) is 12.1 Å². The molecule has 1 heterocycles. The number of sulfone groups is 1. The van der Waals surface area contributed by atoms with Gasteiger partial charge < -0.3 is 4.74 Å². The lowest BCUT2D eigenvalue weighted by Gasteiger charge is -2.07. The predicted octanol–water partition coefficient (Wildman–Crippen LogP) is 2.16. The van der Waals surface area contributed by atoms with Crippen molar-refractivity contribution in [3.63, 3.8) is 0 Å². The van der Waals surface area contributed by atoms with Crippen LogP contribution in [0, 0.1) is 6.92 Å². The monoisotopic (exact) mass is 238 g/mol. The van der Waals surface area contributed by atoms with Crippen molar-refractivity contribution < 1.29 is 13.2 Å². The molecule has 0 saturated heterocycles. The Kier molecular flexibility index (Phi) is 2.86. The summed E-state index contributed by atoms with van der Waals surface area (Å²) < 4.78 is 29.0. The minimum Gasteiger partial charge on any atom is -0.377 e. The van der Waals surface area contributed by atoms with Crippen molar-refractivity contribution in [2.45, 2.75) is 18.7 Å². The molecule has 0 radical (unpaired) electrons. The molecule has 0 fully saturated rings. The zero-order valence-electron chi connectivity index (χ0n) is 9.36. The van der Waals surface area contributed by atoms with Gasteiger partial charge in [-0.3, -0.25) is 0 Å². The molecule has 1 aliphatic rings. The summed E-state index contributed by atoms with van der Waals surface area (Å²) in [5.74, 6) is 0. The van der Waals surface area contributed by atoms with Crippen LogP contribution in [0.25, 0.3) is 5.57 Å². The van der Waals surface area contributed by atoms with Crippen molar-refractivity contribution in [3.05, 3.63) is 34.7 Å². The first-order chi connectivity index (χ1) is 7.56. The van der Waals surface area contributed by atoms with Gasteiger partial charge in [0.25, 0.3) is 0 Å². The second-order valence-electron chi connectivity index (χ2n) is 3.77. The first kappa shape index (κ1) is 11.4. The Hall–Kier alpha value is -1.13. The van der Waals surface area contributed by atoms with Gasteiger partial charge in [0.2, 0.25) is 9.84 Å². The lowest BCUT2D eigenvalue weighted by molar-refractivity contribution is 0.182. The largest absolute Gasteiger partial charge is 0.377 e. The Balaban J connectivity index is 2.53. The minimum absolute atomic E-state index is 0.355. The molecule has 0 bridgehead atoms. The summed E-state index contributed by atoms with van der Waals surface area (Å²) in [5, 5.41) is 1.32. The van der Waals surface area contributed by atoms with E-state index in [1.165, 1.54) is 5.41 Å². The van der Waals surface area contributed by atoms with Crippen LogP contribution in [0.2, 0.25) is 0 Å². The van der Waals surface area contributed by atoms with Gasteiger partial charge in [-0.15, -0.1) is 0 Å². The van der Waals surface area contributed by atoms with E-state index in [2.05, 4.69) is 0 Å². The summed E-state index contributed by atoms with van der Waals surface area (Å²) in [6, 6.07) is 5.33. The quantitative estimate of drug-likeness (QED) is 0.810. The third-order valence-electron chi connectivity index (χ3n) is 2.62. The molecule has 0 saturated carbocycles. The fraction of sp³-hybridized carbons (Fsp3) is 0.333. The highest BCUT2D eigenvalue weighted by Gasteiger charge is 2.27. The van der Waals surface area contributed by atoms with E-state index < -0.39 is 9.84 Å². The lowest BCUT2D eigenvalue weighted by atomic mass is 10.0. The second-order valence-corrected chi connectivity index (χ2v) is 5.54. The smallest absolute Gasteiger partial charge is 0.200 e. The minimum atomic E-state index is -3.25. The van der Waals surface area contributed by atoms with E-state index in [-0.39, 0.29) is 0 Å². The molecule has 4 heteroatoms. The van der Waals surface area contributed by atoms with E-state index in [9.17, 15) is 8.42 Å². The van der Waals surface area contributed by atoms with E-state index in [1.54, 1.807) is 12.1 Å². The average Bonchev–Trinajstić information content (AvgIpc) is 2.49. The van der Waals surface area contributed by atoms with Crippen LogP contribution in [0.1, 0.15) is 18.1 Å². The van der Waals surface area contributed by atoms with Crippen LogP contribution in [-0.2, 0) is 14.6 Å². The summed E-state index contributed by atoms with van der Waals surface area (Å²) in [4.78, 5) is 0.405. The molecule has 1 aromatic carbocycles. The van der Waals surface area contributed by atoms with Gasteiger partial charge in [0.1, 0.15) is 0 Å². The lowest BCUT2D eigenvalue weighted by Crippen LogP contribution is -1.98. The Labute approximate surface area is 95.7 Å². The Morgan fingerprint density at radius 2 is 2.06 bits per heavy atom. The van der Waals surface area contributed by atoms with Crippen molar-refractivity contribution in [1.82, 2.24) is 0 Å². The van der Waals surface area contributed by atoms with Crippen molar-refractivity contribution >= 4 is 15.4 Å². The summed E-state index contributed by atoms with van der Waals surface area (Å²) in [7, 11) is -3.25. The molecule has 0 spiro atoms. The van der Waals surface area contributed by atoms with Gasteiger partial charge in [-0.2, -0.15) is 0 Å². The third kappa shape index (κ3) is 1.79. The van der Waals surface area contributed by atoms with Gasteiger partial charge in [0, 0.05) is 17.6 Å². The SMILES string of the molecule is CCOCC1=CS(=O)(=O)c2cccc(C)c21. The van der Waals surface area contributed by atoms with E-state index in [1.807, 2.05) is 19.9 Å². The number of benzene rings is 1.